The van der Waals surface area contributed by atoms with Gasteiger partial charge in [-0.05, 0) is 18.8 Å². The Bertz CT molecular complexity index is 265. The summed E-state index contributed by atoms with van der Waals surface area (Å²) in [5.74, 6) is 1.97. The van der Waals surface area contributed by atoms with Crippen LogP contribution in [-0.4, -0.2) is 21.7 Å². The molecule has 2 rings (SSSR count). The zero-order chi connectivity index (χ0) is 9.10. The van der Waals surface area contributed by atoms with Crippen LogP contribution in [-0.2, 0) is 0 Å². The number of hydrogen-bond acceptors (Lipinski definition) is 4. The Morgan fingerprint density at radius 2 is 2.38 bits per heavy atom. The standard InChI is InChI=1S/C8H15N5/c9-7-11-8(13-12-7)10-5-1-2-6-3-4-6/h6H,1-5H2,(H4,9,10,11,12,13). The molecule has 0 atom stereocenters. The summed E-state index contributed by atoms with van der Waals surface area (Å²) in [4.78, 5) is 3.94. The third kappa shape index (κ3) is 2.61. The smallest absolute Gasteiger partial charge is 0.243 e. The highest BCUT2D eigenvalue weighted by Crippen LogP contribution is 2.33. The minimum absolute atomic E-state index is 0.365. The molecule has 0 bridgehead atoms. The molecular weight excluding hydrogens is 166 g/mol. The van der Waals surface area contributed by atoms with E-state index in [9.17, 15) is 0 Å². The summed E-state index contributed by atoms with van der Waals surface area (Å²) in [5, 5.41) is 9.58. The molecule has 5 heteroatoms. The van der Waals surface area contributed by atoms with Gasteiger partial charge in [-0.2, -0.15) is 4.98 Å². The molecule has 0 aliphatic heterocycles. The number of hydrogen-bond donors (Lipinski definition) is 3. The number of nitrogens with one attached hydrogen (secondary N) is 2. The number of nitrogen functional groups attached to an aromatic ring is 1. The lowest BCUT2D eigenvalue weighted by atomic mass is 10.2. The minimum Gasteiger partial charge on any atom is -0.368 e. The molecular formula is C8H15N5. The van der Waals surface area contributed by atoms with E-state index in [0.717, 1.165) is 12.5 Å². The Morgan fingerprint density at radius 1 is 1.54 bits per heavy atom. The fourth-order valence-electron chi connectivity index (χ4n) is 1.35. The lowest BCUT2D eigenvalue weighted by Crippen LogP contribution is -2.03. The maximum Gasteiger partial charge on any atom is 0.243 e. The van der Waals surface area contributed by atoms with Gasteiger partial charge in [-0.3, -0.25) is 0 Å². The largest absolute Gasteiger partial charge is 0.368 e. The van der Waals surface area contributed by atoms with Crippen molar-refractivity contribution in [3.63, 3.8) is 0 Å². The minimum atomic E-state index is 0.365. The number of aromatic nitrogens is 3. The lowest BCUT2D eigenvalue weighted by Gasteiger charge is -1.99. The van der Waals surface area contributed by atoms with E-state index in [1.165, 1.54) is 25.7 Å². The molecule has 13 heavy (non-hydrogen) atoms. The summed E-state index contributed by atoms with van der Waals surface area (Å²) in [5.41, 5.74) is 5.37. The van der Waals surface area contributed by atoms with Gasteiger partial charge in [0.2, 0.25) is 11.9 Å². The van der Waals surface area contributed by atoms with Crippen LogP contribution in [0.5, 0.6) is 0 Å². The van der Waals surface area contributed by atoms with E-state index in [1.54, 1.807) is 0 Å². The maximum atomic E-state index is 5.37. The average Bonchev–Trinajstić information content (AvgIpc) is 2.84. The van der Waals surface area contributed by atoms with Crippen LogP contribution in [0, 0.1) is 5.92 Å². The number of nitrogens with zero attached hydrogens (tertiary/aromatic N) is 2. The van der Waals surface area contributed by atoms with E-state index in [2.05, 4.69) is 20.5 Å². The van der Waals surface area contributed by atoms with Crippen molar-refractivity contribution in [1.29, 1.82) is 0 Å². The fraction of sp³-hybridized carbons (Fsp3) is 0.750. The Labute approximate surface area is 77.1 Å². The molecule has 4 N–H and O–H groups in total. The van der Waals surface area contributed by atoms with Gasteiger partial charge in [-0.15, -0.1) is 5.10 Å². The molecule has 1 aliphatic rings. The second-order valence-corrected chi connectivity index (χ2v) is 3.56. The Morgan fingerprint density at radius 3 is 3.00 bits per heavy atom. The average molecular weight is 181 g/mol. The van der Waals surface area contributed by atoms with Crippen molar-refractivity contribution >= 4 is 11.9 Å². The Kier molecular flexibility index (Phi) is 2.33. The van der Waals surface area contributed by atoms with Crippen LogP contribution in [0.4, 0.5) is 11.9 Å². The molecule has 0 spiro atoms. The van der Waals surface area contributed by atoms with E-state index in [0.29, 0.717) is 11.9 Å². The van der Waals surface area contributed by atoms with Gasteiger partial charge in [-0.1, -0.05) is 12.8 Å². The summed E-state index contributed by atoms with van der Waals surface area (Å²) in [6.45, 7) is 0.938. The van der Waals surface area contributed by atoms with Crippen LogP contribution in [0.1, 0.15) is 25.7 Å². The number of H-pyrrole nitrogens is 1. The highest BCUT2D eigenvalue weighted by Gasteiger charge is 2.19. The van der Waals surface area contributed by atoms with Crippen molar-refractivity contribution in [2.24, 2.45) is 5.92 Å². The lowest BCUT2D eigenvalue weighted by molar-refractivity contribution is 0.685. The van der Waals surface area contributed by atoms with Gasteiger partial charge in [-0.25, -0.2) is 5.10 Å². The fourth-order valence-corrected chi connectivity index (χ4v) is 1.35. The molecule has 1 fully saturated rings. The SMILES string of the molecule is Nc1nc(NCCCC2CC2)n[nH]1. The van der Waals surface area contributed by atoms with Crippen molar-refractivity contribution in [2.75, 3.05) is 17.6 Å². The molecule has 0 amide bonds. The summed E-state index contributed by atoms with van der Waals surface area (Å²) >= 11 is 0. The number of aromatic amines is 1. The number of nitrogens with two attached hydrogens (primary N) is 1. The summed E-state index contributed by atoms with van der Waals surface area (Å²) < 4.78 is 0. The molecule has 1 aromatic heterocycles. The van der Waals surface area contributed by atoms with Gasteiger partial charge in [0.05, 0.1) is 0 Å². The topological polar surface area (TPSA) is 79.6 Å². The Hall–Kier alpha value is -1.26. The van der Waals surface area contributed by atoms with Gasteiger partial charge in [0.1, 0.15) is 0 Å². The molecule has 0 saturated heterocycles. The summed E-state index contributed by atoms with van der Waals surface area (Å²) in [7, 11) is 0. The molecule has 72 valence electrons. The normalized spacial score (nSPS) is 16.0. The quantitative estimate of drug-likeness (QED) is 0.592. The van der Waals surface area contributed by atoms with Crippen molar-refractivity contribution in [2.45, 2.75) is 25.7 Å². The summed E-state index contributed by atoms with van der Waals surface area (Å²) in [6.07, 6.45) is 5.37. The molecule has 0 aromatic carbocycles. The van der Waals surface area contributed by atoms with Crippen LogP contribution in [0.25, 0.3) is 0 Å². The van der Waals surface area contributed by atoms with E-state index >= 15 is 0 Å². The van der Waals surface area contributed by atoms with Crippen LogP contribution in [0.3, 0.4) is 0 Å². The first kappa shape index (κ1) is 8.34. The van der Waals surface area contributed by atoms with Crippen molar-refractivity contribution in [3.05, 3.63) is 0 Å². The van der Waals surface area contributed by atoms with Gasteiger partial charge < -0.3 is 11.1 Å². The van der Waals surface area contributed by atoms with E-state index in [4.69, 9.17) is 5.73 Å². The molecule has 0 radical (unpaired) electrons. The summed E-state index contributed by atoms with van der Waals surface area (Å²) in [6, 6.07) is 0. The van der Waals surface area contributed by atoms with Gasteiger partial charge in [0, 0.05) is 6.54 Å². The molecule has 1 heterocycles. The van der Waals surface area contributed by atoms with Crippen molar-refractivity contribution in [3.8, 4) is 0 Å². The maximum absolute atomic E-state index is 5.37. The van der Waals surface area contributed by atoms with E-state index in [1.807, 2.05) is 0 Å². The number of rotatable bonds is 5. The third-order valence-electron chi connectivity index (χ3n) is 2.27. The van der Waals surface area contributed by atoms with Crippen LogP contribution >= 0.6 is 0 Å². The molecule has 1 saturated carbocycles. The van der Waals surface area contributed by atoms with E-state index in [-0.39, 0.29) is 0 Å². The first-order valence-corrected chi connectivity index (χ1v) is 4.76. The van der Waals surface area contributed by atoms with Gasteiger partial charge >= 0.3 is 0 Å². The zero-order valence-electron chi connectivity index (χ0n) is 7.58. The number of anilines is 2. The van der Waals surface area contributed by atoms with Crippen LogP contribution < -0.4 is 11.1 Å². The second kappa shape index (κ2) is 3.64. The molecule has 5 nitrogen and oxygen atoms in total. The van der Waals surface area contributed by atoms with Crippen molar-refractivity contribution < 1.29 is 0 Å². The highest BCUT2D eigenvalue weighted by molar-refractivity contribution is 5.29. The third-order valence-corrected chi connectivity index (χ3v) is 2.27. The molecule has 1 aromatic rings. The molecule has 0 unspecified atom stereocenters. The first-order chi connectivity index (χ1) is 6.34. The van der Waals surface area contributed by atoms with E-state index < -0.39 is 0 Å². The van der Waals surface area contributed by atoms with Crippen LogP contribution in [0.15, 0.2) is 0 Å². The van der Waals surface area contributed by atoms with Crippen molar-refractivity contribution in [1.82, 2.24) is 15.2 Å². The van der Waals surface area contributed by atoms with Gasteiger partial charge in [0.15, 0.2) is 0 Å². The van der Waals surface area contributed by atoms with Crippen LogP contribution in [0.2, 0.25) is 0 Å². The molecule has 1 aliphatic carbocycles. The highest BCUT2D eigenvalue weighted by atomic mass is 15.3. The Balaban J connectivity index is 1.61. The monoisotopic (exact) mass is 181 g/mol. The van der Waals surface area contributed by atoms with Gasteiger partial charge in [0.25, 0.3) is 0 Å². The predicted octanol–water partition coefficient (Wildman–Crippen LogP) is 0.989. The predicted molar refractivity (Wildman–Crippen MR) is 51.2 cm³/mol. The second-order valence-electron chi connectivity index (χ2n) is 3.56. The zero-order valence-corrected chi connectivity index (χ0v) is 7.58. The first-order valence-electron chi connectivity index (χ1n) is 4.76.